The van der Waals surface area contributed by atoms with Crippen LogP contribution in [0.25, 0.3) is 0 Å². The minimum atomic E-state index is -3.43. The Balaban J connectivity index is 2.06. The summed E-state index contributed by atoms with van der Waals surface area (Å²) in [6.07, 6.45) is 1.05. The molecule has 8 heteroatoms. The molecule has 0 aliphatic heterocycles. The summed E-state index contributed by atoms with van der Waals surface area (Å²) in [6, 6.07) is 11.5. The van der Waals surface area contributed by atoms with E-state index in [0.717, 1.165) is 11.8 Å². The van der Waals surface area contributed by atoms with E-state index in [1.54, 1.807) is 43.3 Å². The van der Waals surface area contributed by atoms with Crippen molar-refractivity contribution in [3.8, 4) is 0 Å². The van der Waals surface area contributed by atoms with Crippen molar-refractivity contribution in [2.75, 3.05) is 18.1 Å². The van der Waals surface area contributed by atoms with Gasteiger partial charge in [-0.25, -0.2) is 13.2 Å². The molecule has 26 heavy (non-hydrogen) atoms. The van der Waals surface area contributed by atoms with Gasteiger partial charge in [-0.3, -0.25) is 9.52 Å². The van der Waals surface area contributed by atoms with Gasteiger partial charge in [0.1, 0.15) is 0 Å². The van der Waals surface area contributed by atoms with Crippen LogP contribution < -0.4 is 10.0 Å². The second kappa shape index (κ2) is 8.01. The third-order valence-electron chi connectivity index (χ3n) is 3.62. The smallest absolute Gasteiger partial charge is 0.337 e. The second-order valence-electron chi connectivity index (χ2n) is 5.78. The van der Waals surface area contributed by atoms with Gasteiger partial charge in [0.25, 0.3) is 5.91 Å². The summed E-state index contributed by atoms with van der Waals surface area (Å²) in [5.41, 5.74) is 2.66. The lowest BCUT2D eigenvalue weighted by molar-refractivity contribution is 0.0600. The van der Waals surface area contributed by atoms with Gasteiger partial charge in [0, 0.05) is 12.1 Å². The normalized spacial score (nSPS) is 10.9. The molecule has 0 radical (unpaired) electrons. The molecule has 0 spiro atoms. The molecule has 0 aliphatic carbocycles. The average Bonchev–Trinajstić information content (AvgIpc) is 2.60. The first-order valence-corrected chi connectivity index (χ1v) is 9.62. The minimum Gasteiger partial charge on any atom is -0.465 e. The fraction of sp³-hybridized carbons (Fsp3) is 0.222. The lowest BCUT2D eigenvalue weighted by atomic mass is 10.1. The van der Waals surface area contributed by atoms with Crippen molar-refractivity contribution in [1.29, 1.82) is 0 Å². The maximum Gasteiger partial charge on any atom is 0.337 e. The Morgan fingerprint density at radius 2 is 1.65 bits per heavy atom. The summed E-state index contributed by atoms with van der Waals surface area (Å²) in [4.78, 5) is 23.7. The van der Waals surface area contributed by atoms with Gasteiger partial charge < -0.3 is 10.1 Å². The number of hydrogen-bond donors (Lipinski definition) is 2. The first kappa shape index (κ1) is 19.5. The molecule has 138 valence electrons. The molecule has 0 fully saturated rings. The second-order valence-corrected chi connectivity index (χ2v) is 7.52. The van der Waals surface area contributed by atoms with Crippen molar-refractivity contribution < 1.29 is 22.7 Å². The van der Waals surface area contributed by atoms with Crippen LogP contribution in [-0.4, -0.2) is 33.7 Å². The Morgan fingerprint density at radius 3 is 2.23 bits per heavy atom. The van der Waals surface area contributed by atoms with E-state index in [2.05, 4.69) is 14.8 Å². The van der Waals surface area contributed by atoms with Crippen molar-refractivity contribution in [1.82, 2.24) is 5.32 Å². The molecular weight excluding hydrogens is 356 g/mol. The Labute approximate surface area is 152 Å². The van der Waals surface area contributed by atoms with Gasteiger partial charge in [-0.15, -0.1) is 0 Å². The summed E-state index contributed by atoms with van der Waals surface area (Å²) < 4.78 is 29.8. The van der Waals surface area contributed by atoms with E-state index in [9.17, 15) is 18.0 Å². The van der Waals surface area contributed by atoms with E-state index >= 15 is 0 Å². The summed E-state index contributed by atoms with van der Waals surface area (Å²) in [7, 11) is -2.12. The van der Waals surface area contributed by atoms with Crippen LogP contribution in [0.2, 0.25) is 0 Å². The molecule has 2 N–H and O–H groups in total. The highest BCUT2D eigenvalue weighted by molar-refractivity contribution is 7.92. The average molecular weight is 376 g/mol. The van der Waals surface area contributed by atoms with Gasteiger partial charge in [-0.2, -0.15) is 0 Å². The maximum absolute atomic E-state index is 12.3. The van der Waals surface area contributed by atoms with Crippen LogP contribution in [-0.2, 0) is 21.3 Å². The molecule has 1 amide bonds. The zero-order chi connectivity index (χ0) is 19.3. The number of anilines is 1. The Kier molecular flexibility index (Phi) is 5.99. The number of esters is 1. The Morgan fingerprint density at radius 1 is 1.04 bits per heavy atom. The van der Waals surface area contributed by atoms with Crippen molar-refractivity contribution in [3.63, 3.8) is 0 Å². The lowest BCUT2D eigenvalue weighted by Gasteiger charge is -2.11. The number of rotatable bonds is 6. The highest BCUT2D eigenvalue weighted by Gasteiger charge is 2.11. The molecule has 0 saturated heterocycles. The summed E-state index contributed by atoms with van der Waals surface area (Å²) >= 11 is 0. The molecule has 2 aromatic carbocycles. The monoisotopic (exact) mass is 376 g/mol. The molecule has 0 unspecified atom stereocenters. The molecule has 0 bridgehead atoms. The van der Waals surface area contributed by atoms with E-state index in [1.165, 1.54) is 13.2 Å². The van der Waals surface area contributed by atoms with Crippen LogP contribution in [0.1, 0.15) is 31.8 Å². The third-order valence-corrected chi connectivity index (χ3v) is 4.21. The highest BCUT2D eigenvalue weighted by atomic mass is 32.2. The number of hydrogen-bond acceptors (Lipinski definition) is 5. The van der Waals surface area contributed by atoms with Crippen LogP contribution in [0, 0.1) is 6.92 Å². The van der Waals surface area contributed by atoms with Gasteiger partial charge in [-0.05, 0) is 42.3 Å². The highest BCUT2D eigenvalue weighted by Crippen LogP contribution is 2.18. The van der Waals surface area contributed by atoms with Crippen molar-refractivity contribution in [2.24, 2.45) is 0 Å². The Bertz CT molecular complexity index is 921. The standard InChI is InChI=1S/C18H20N2O5S/c1-12-4-7-15(10-16(12)20-26(3,23)24)17(21)19-11-13-5-8-14(9-6-13)18(22)25-2/h4-10,20H,11H2,1-3H3,(H,19,21). The molecule has 0 heterocycles. The molecule has 2 rings (SSSR count). The van der Waals surface area contributed by atoms with Crippen LogP contribution in [0.4, 0.5) is 5.69 Å². The first-order chi connectivity index (χ1) is 12.2. The molecular formula is C18H20N2O5S. The third kappa shape index (κ3) is 5.32. The number of amides is 1. The number of benzene rings is 2. The fourth-order valence-corrected chi connectivity index (χ4v) is 2.85. The van der Waals surface area contributed by atoms with E-state index < -0.39 is 16.0 Å². The molecule has 2 aromatic rings. The van der Waals surface area contributed by atoms with E-state index in [0.29, 0.717) is 22.4 Å². The van der Waals surface area contributed by atoms with E-state index in [4.69, 9.17) is 0 Å². The molecule has 0 saturated carbocycles. The number of aryl methyl sites for hydroxylation is 1. The number of ether oxygens (including phenoxy) is 1. The van der Waals surface area contributed by atoms with Crippen molar-refractivity contribution >= 4 is 27.6 Å². The van der Waals surface area contributed by atoms with Gasteiger partial charge in [0.15, 0.2) is 0 Å². The maximum atomic E-state index is 12.3. The topological polar surface area (TPSA) is 102 Å². The summed E-state index contributed by atoms with van der Waals surface area (Å²) in [5.74, 6) is -0.759. The largest absolute Gasteiger partial charge is 0.465 e. The summed E-state index contributed by atoms with van der Waals surface area (Å²) in [6.45, 7) is 2.01. The van der Waals surface area contributed by atoms with Crippen molar-refractivity contribution in [2.45, 2.75) is 13.5 Å². The Hall–Kier alpha value is -2.87. The number of methoxy groups -OCH3 is 1. The number of sulfonamides is 1. The molecule has 7 nitrogen and oxygen atoms in total. The van der Waals surface area contributed by atoms with Crippen LogP contribution in [0.15, 0.2) is 42.5 Å². The quantitative estimate of drug-likeness (QED) is 0.752. The van der Waals surface area contributed by atoms with Crippen molar-refractivity contribution in [3.05, 3.63) is 64.7 Å². The zero-order valence-electron chi connectivity index (χ0n) is 14.7. The minimum absolute atomic E-state index is 0.267. The van der Waals surface area contributed by atoms with Crippen LogP contribution in [0.5, 0.6) is 0 Å². The zero-order valence-corrected chi connectivity index (χ0v) is 15.5. The van der Waals surface area contributed by atoms with Crippen LogP contribution in [0.3, 0.4) is 0 Å². The van der Waals surface area contributed by atoms with Gasteiger partial charge in [0.2, 0.25) is 10.0 Å². The van der Waals surface area contributed by atoms with Crippen LogP contribution >= 0.6 is 0 Å². The number of nitrogens with one attached hydrogen (secondary N) is 2. The van der Waals surface area contributed by atoms with Gasteiger partial charge >= 0.3 is 5.97 Å². The summed E-state index contributed by atoms with van der Waals surface area (Å²) in [5, 5.41) is 2.76. The van der Waals surface area contributed by atoms with Gasteiger partial charge in [-0.1, -0.05) is 18.2 Å². The molecule has 0 aromatic heterocycles. The van der Waals surface area contributed by atoms with E-state index in [-0.39, 0.29) is 12.5 Å². The fourth-order valence-electron chi connectivity index (χ4n) is 2.23. The molecule has 0 aliphatic rings. The van der Waals surface area contributed by atoms with Gasteiger partial charge in [0.05, 0.1) is 24.6 Å². The lowest BCUT2D eigenvalue weighted by Crippen LogP contribution is -2.23. The molecule has 0 atom stereocenters. The van der Waals surface area contributed by atoms with E-state index in [1.807, 2.05) is 0 Å². The number of carbonyl (C=O) groups excluding carboxylic acids is 2. The predicted molar refractivity (Wildman–Crippen MR) is 98.6 cm³/mol. The number of carbonyl (C=O) groups is 2. The first-order valence-electron chi connectivity index (χ1n) is 7.73. The predicted octanol–water partition coefficient (Wildman–Crippen LogP) is 2.08. The SMILES string of the molecule is COC(=O)c1ccc(CNC(=O)c2ccc(C)c(NS(C)(=O)=O)c2)cc1.